The number of carbonyl (C=O) groups is 1. The third-order valence-corrected chi connectivity index (χ3v) is 1.21. The van der Waals surface area contributed by atoms with Crippen molar-refractivity contribution >= 4 is 57.4 Å². The van der Waals surface area contributed by atoms with Gasteiger partial charge in [0.05, 0.1) is 0 Å². The third-order valence-electron chi connectivity index (χ3n) is 1.21. The van der Waals surface area contributed by atoms with E-state index in [-0.39, 0.29) is 68.4 Å². The van der Waals surface area contributed by atoms with E-state index in [1.54, 1.807) is 0 Å². The summed E-state index contributed by atoms with van der Waals surface area (Å²) in [6, 6.07) is 3.32. The zero-order valence-corrected chi connectivity index (χ0v) is 5.48. The number of phenols is 2. The zero-order valence-electron chi connectivity index (χ0n) is 5.48. The second-order valence-corrected chi connectivity index (χ2v) is 2.01. The fourth-order valence-electron chi connectivity index (χ4n) is 0.695. The predicted octanol–water partition coefficient (Wildman–Crippen LogP) is 0.147. The molecule has 60 valence electrons. The van der Waals surface area contributed by atoms with Crippen LogP contribution >= 0.6 is 0 Å². The van der Waals surface area contributed by atoms with Gasteiger partial charge < -0.3 is 15.3 Å². The van der Waals surface area contributed by atoms with Crippen LogP contribution in [0, 0.1) is 0 Å². The van der Waals surface area contributed by atoms with Crippen molar-refractivity contribution < 1.29 is 20.1 Å². The van der Waals surface area contributed by atoms with Crippen LogP contribution in [-0.4, -0.2) is 72.7 Å². The number of carboxylic acid groups (broad SMARTS) is 1. The Morgan fingerprint density at radius 3 is 2.25 bits per heavy atom. The molecule has 0 spiro atoms. The Morgan fingerprint density at radius 2 is 1.83 bits per heavy atom. The molecule has 0 unspecified atom stereocenters. The minimum atomic E-state index is -1.27. The zero-order chi connectivity index (χ0) is 8.43. The van der Waals surface area contributed by atoms with Gasteiger partial charge in [0.1, 0.15) is 17.1 Å². The molecule has 0 saturated carbocycles. The number of aromatic hydroxyl groups is 2. The van der Waals surface area contributed by atoms with Crippen molar-refractivity contribution in [1.82, 2.24) is 0 Å². The summed E-state index contributed by atoms with van der Waals surface area (Å²) in [5.41, 5.74) is -0.301. The first-order valence-corrected chi connectivity index (χ1v) is 2.86. The van der Waals surface area contributed by atoms with Gasteiger partial charge in [0.25, 0.3) is 0 Å². The number of benzene rings is 1. The van der Waals surface area contributed by atoms with E-state index in [1.807, 2.05) is 0 Å². The number of carboxylic acids is 1. The summed E-state index contributed by atoms with van der Waals surface area (Å²) >= 11 is 0. The first-order chi connectivity index (χ1) is 5.11. The van der Waals surface area contributed by atoms with Crippen molar-refractivity contribution in [1.29, 1.82) is 0 Å². The molecule has 5 heteroatoms. The van der Waals surface area contributed by atoms with E-state index in [0.717, 1.165) is 12.1 Å². The topological polar surface area (TPSA) is 77.8 Å². The molecule has 0 amide bonds. The first-order valence-electron chi connectivity index (χ1n) is 2.86. The SMILES string of the molecule is O=C(O)c1cc(O)ccc1O.[KH]. The van der Waals surface area contributed by atoms with Crippen LogP contribution in [0.2, 0.25) is 0 Å². The van der Waals surface area contributed by atoms with E-state index in [4.69, 9.17) is 15.3 Å². The van der Waals surface area contributed by atoms with Gasteiger partial charge in [0.2, 0.25) is 0 Å². The van der Waals surface area contributed by atoms with E-state index in [9.17, 15) is 4.79 Å². The number of hydrogen-bond donors (Lipinski definition) is 3. The summed E-state index contributed by atoms with van der Waals surface area (Å²) in [7, 11) is 0. The van der Waals surface area contributed by atoms with Gasteiger partial charge in [-0.15, -0.1) is 0 Å². The van der Waals surface area contributed by atoms with Gasteiger partial charge in [0.15, 0.2) is 0 Å². The summed E-state index contributed by atoms with van der Waals surface area (Å²) in [6.07, 6.45) is 0. The molecule has 0 saturated heterocycles. The number of hydrogen-bond acceptors (Lipinski definition) is 3. The number of rotatable bonds is 1. The fourth-order valence-corrected chi connectivity index (χ4v) is 0.695. The molecule has 0 radical (unpaired) electrons. The molecule has 12 heavy (non-hydrogen) atoms. The molecule has 0 fully saturated rings. The molecular formula is C7H7KO4. The van der Waals surface area contributed by atoms with Crippen LogP contribution in [0.3, 0.4) is 0 Å². The molecular weight excluding hydrogens is 187 g/mol. The molecule has 0 aliphatic rings. The average Bonchev–Trinajstić information content (AvgIpc) is 1.94. The molecule has 1 aromatic carbocycles. The summed E-state index contributed by atoms with van der Waals surface area (Å²) in [5.74, 6) is -1.80. The molecule has 0 bridgehead atoms. The summed E-state index contributed by atoms with van der Waals surface area (Å²) in [6.45, 7) is 0. The summed E-state index contributed by atoms with van der Waals surface area (Å²) < 4.78 is 0. The Bertz CT molecular complexity index is 297. The van der Waals surface area contributed by atoms with Crippen molar-refractivity contribution in [3.63, 3.8) is 0 Å². The quantitative estimate of drug-likeness (QED) is 0.439. The van der Waals surface area contributed by atoms with Crippen molar-refractivity contribution in [2.75, 3.05) is 0 Å². The third kappa shape index (κ3) is 2.76. The molecule has 0 aliphatic carbocycles. The Hall–Kier alpha value is -0.0736. The van der Waals surface area contributed by atoms with Crippen LogP contribution in [0.5, 0.6) is 11.5 Å². The molecule has 3 N–H and O–H groups in total. The number of aromatic carboxylic acids is 1. The predicted molar refractivity (Wildman–Crippen MR) is 43.9 cm³/mol. The maximum absolute atomic E-state index is 10.3. The van der Waals surface area contributed by atoms with Gasteiger partial charge in [-0.2, -0.15) is 0 Å². The Labute approximate surface area is 111 Å². The Morgan fingerprint density at radius 1 is 1.25 bits per heavy atom. The van der Waals surface area contributed by atoms with Crippen molar-refractivity contribution in [2.45, 2.75) is 0 Å². The Kier molecular flexibility index (Phi) is 4.80. The van der Waals surface area contributed by atoms with E-state index in [2.05, 4.69) is 0 Å². The van der Waals surface area contributed by atoms with E-state index in [0.29, 0.717) is 0 Å². The van der Waals surface area contributed by atoms with Crippen LogP contribution in [0.15, 0.2) is 18.2 Å². The minimum absolute atomic E-state index is 0. The average molecular weight is 194 g/mol. The molecule has 4 nitrogen and oxygen atoms in total. The second-order valence-electron chi connectivity index (χ2n) is 2.01. The van der Waals surface area contributed by atoms with Crippen molar-refractivity contribution in [3.8, 4) is 11.5 Å². The first kappa shape index (κ1) is 11.9. The number of phenolic OH excluding ortho intramolecular Hbond substituents is 1. The van der Waals surface area contributed by atoms with Gasteiger partial charge in [-0.3, -0.25) is 0 Å². The van der Waals surface area contributed by atoms with E-state index < -0.39 is 5.97 Å². The summed E-state index contributed by atoms with van der Waals surface area (Å²) in [5, 5.41) is 26.1. The molecule has 0 atom stereocenters. The molecule has 0 aliphatic heterocycles. The van der Waals surface area contributed by atoms with Crippen LogP contribution in [0.25, 0.3) is 0 Å². The monoisotopic (exact) mass is 194 g/mol. The van der Waals surface area contributed by atoms with Gasteiger partial charge >= 0.3 is 57.4 Å². The van der Waals surface area contributed by atoms with E-state index in [1.165, 1.54) is 6.07 Å². The van der Waals surface area contributed by atoms with Crippen LogP contribution in [0.1, 0.15) is 10.4 Å². The van der Waals surface area contributed by atoms with Crippen LogP contribution in [0.4, 0.5) is 0 Å². The van der Waals surface area contributed by atoms with Crippen molar-refractivity contribution in [3.05, 3.63) is 23.8 Å². The van der Waals surface area contributed by atoms with Crippen molar-refractivity contribution in [2.24, 2.45) is 0 Å². The standard InChI is InChI=1S/C7H6O4.K.H/c8-4-1-2-6(9)5(3-4)7(10)11;;/h1-3,8-9H,(H,10,11);;. The van der Waals surface area contributed by atoms with Crippen LogP contribution < -0.4 is 0 Å². The van der Waals surface area contributed by atoms with Gasteiger partial charge in [-0.25, -0.2) is 4.79 Å². The molecule has 0 heterocycles. The van der Waals surface area contributed by atoms with Crippen LogP contribution in [-0.2, 0) is 0 Å². The van der Waals surface area contributed by atoms with Gasteiger partial charge in [-0.1, -0.05) is 0 Å². The Balaban J connectivity index is 0.00000121. The summed E-state index contributed by atoms with van der Waals surface area (Å²) in [4.78, 5) is 10.3. The second kappa shape index (κ2) is 4.83. The van der Waals surface area contributed by atoms with Gasteiger partial charge in [0, 0.05) is 0 Å². The molecule has 0 aromatic heterocycles. The molecule has 1 aromatic rings. The fraction of sp³-hybridized carbons (Fsp3) is 0. The molecule has 1 rings (SSSR count). The normalized spacial score (nSPS) is 8.67. The van der Waals surface area contributed by atoms with Gasteiger partial charge in [-0.05, 0) is 18.2 Å². The van der Waals surface area contributed by atoms with E-state index >= 15 is 0 Å². The maximum atomic E-state index is 10.3.